The lowest BCUT2D eigenvalue weighted by Crippen LogP contribution is -2.15. The number of aryl methyl sites for hydroxylation is 1. The van der Waals surface area contributed by atoms with Crippen molar-refractivity contribution in [1.29, 1.82) is 5.26 Å². The summed E-state index contributed by atoms with van der Waals surface area (Å²) in [5.41, 5.74) is 1.90. The van der Waals surface area contributed by atoms with Crippen LogP contribution < -0.4 is 0 Å². The van der Waals surface area contributed by atoms with Crippen molar-refractivity contribution in [3.63, 3.8) is 0 Å². The second kappa shape index (κ2) is 11.8. The van der Waals surface area contributed by atoms with E-state index in [4.69, 9.17) is 5.26 Å². The first kappa shape index (κ1) is 24.7. The molecular formula is C32H31F2N. The first-order chi connectivity index (χ1) is 17.1. The van der Waals surface area contributed by atoms with Gasteiger partial charge in [0.25, 0.3) is 0 Å². The van der Waals surface area contributed by atoms with Crippen molar-refractivity contribution in [1.82, 2.24) is 0 Å². The Morgan fingerprint density at radius 1 is 0.886 bits per heavy atom. The van der Waals surface area contributed by atoms with Crippen molar-refractivity contribution in [2.45, 2.75) is 58.3 Å². The molecule has 35 heavy (non-hydrogen) atoms. The molecule has 0 heterocycles. The third-order valence-electron chi connectivity index (χ3n) is 7.23. The van der Waals surface area contributed by atoms with E-state index in [9.17, 15) is 4.39 Å². The Balaban J connectivity index is 1.38. The van der Waals surface area contributed by atoms with Gasteiger partial charge in [-0.05, 0) is 79.7 Å². The molecule has 0 bridgehead atoms. The molecule has 0 radical (unpaired) electrons. The topological polar surface area (TPSA) is 23.8 Å². The van der Waals surface area contributed by atoms with Crippen molar-refractivity contribution >= 4 is 10.8 Å². The summed E-state index contributed by atoms with van der Waals surface area (Å²) in [6, 6.07) is 15.5. The van der Waals surface area contributed by atoms with E-state index < -0.39 is 5.82 Å². The molecule has 0 aromatic heterocycles. The summed E-state index contributed by atoms with van der Waals surface area (Å²) in [7, 11) is 0. The van der Waals surface area contributed by atoms with E-state index in [2.05, 4.69) is 37.0 Å². The quantitative estimate of drug-likeness (QED) is 0.263. The summed E-state index contributed by atoms with van der Waals surface area (Å²) in [6.07, 6.45) is 14.5. The molecule has 178 valence electrons. The molecule has 3 heteroatoms. The van der Waals surface area contributed by atoms with Gasteiger partial charge in [0.2, 0.25) is 0 Å². The van der Waals surface area contributed by atoms with Gasteiger partial charge in [0.05, 0.1) is 11.1 Å². The number of fused-ring (bicyclic) bond motifs is 1. The van der Waals surface area contributed by atoms with Gasteiger partial charge < -0.3 is 0 Å². The maximum atomic E-state index is 15.1. The van der Waals surface area contributed by atoms with Crippen LogP contribution in [0, 0.1) is 46.6 Å². The Bertz CT molecular complexity index is 1310. The fraction of sp³-hybridized carbons (Fsp3) is 0.344. The monoisotopic (exact) mass is 467 g/mol. The highest BCUT2D eigenvalue weighted by molar-refractivity contribution is 5.85. The molecule has 3 aromatic carbocycles. The van der Waals surface area contributed by atoms with E-state index in [0.29, 0.717) is 10.9 Å². The van der Waals surface area contributed by atoms with Crippen LogP contribution in [0.25, 0.3) is 10.8 Å². The molecule has 3 aromatic rings. The lowest BCUT2D eigenvalue weighted by atomic mass is 9.78. The largest absolute Gasteiger partial charge is 0.206 e. The molecule has 0 aliphatic heterocycles. The van der Waals surface area contributed by atoms with Crippen molar-refractivity contribution in [3.8, 4) is 17.9 Å². The third-order valence-corrected chi connectivity index (χ3v) is 7.23. The number of benzene rings is 3. The Morgan fingerprint density at radius 3 is 2.34 bits per heavy atom. The van der Waals surface area contributed by atoms with E-state index in [1.165, 1.54) is 62.6 Å². The van der Waals surface area contributed by atoms with E-state index >= 15 is 4.39 Å². The van der Waals surface area contributed by atoms with Gasteiger partial charge in [0.15, 0.2) is 0 Å². The predicted octanol–water partition coefficient (Wildman–Crippen LogP) is 8.48. The lowest BCUT2D eigenvalue weighted by molar-refractivity contribution is 0.254. The van der Waals surface area contributed by atoms with Gasteiger partial charge in [-0.1, -0.05) is 73.9 Å². The fourth-order valence-electron chi connectivity index (χ4n) is 5.09. The van der Waals surface area contributed by atoms with Crippen LogP contribution in [-0.2, 0) is 6.42 Å². The van der Waals surface area contributed by atoms with Crippen LogP contribution in [0.4, 0.5) is 8.78 Å². The maximum absolute atomic E-state index is 15.1. The average Bonchev–Trinajstić information content (AvgIpc) is 2.88. The van der Waals surface area contributed by atoms with E-state index in [1.54, 1.807) is 18.2 Å². The highest BCUT2D eigenvalue weighted by Crippen LogP contribution is 2.34. The van der Waals surface area contributed by atoms with Gasteiger partial charge in [0.1, 0.15) is 17.7 Å². The number of rotatable bonds is 6. The number of nitriles is 1. The average molecular weight is 468 g/mol. The Kier molecular flexibility index (Phi) is 8.33. The second-order valence-electron chi connectivity index (χ2n) is 9.61. The van der Waals surface area contributed by atoms with Crippen molar-refractivity contribution in [3.05, 3.63) is 94.6 Å². The van der Waals surface area contributed by atoms with Crippen molar-refractivity contribution in [2.75, 3.05) is 0 Å². The predicted molar refractivity (Wildman–Crippen MR) is 139 cm³/mol. The first-order valence-corrected chi connectivity index (χ1v) is 12.6. The highest BCUT2D eigenvalue weighted by Gasteiger charge is 2.20. The Labute approximate surface area is 207 Å². The molecule has 0 N–H and O–H groups in total. The van der Waals surface area contributed by atoms with Crippen LogP contribution >= 0.6 is 0 Å². The van der Waals surface area contributed by atoms with Crippen LogP contribution in [0.3, 0.4) is 0 Å². The minimum atomic E-state index is -0.622. The van der Waals surface area contributed by atoms with Gasteiger partial charge in [-0.25, -0.2) is 8.78 Å². The molecule has 4 rings (SSSR count). The minimum absolute atomic E-state index is 0.0315. The van der Waals surface area contributed by atoms with Gasteiger partial charge in [-0.15, -0.1) is 0 Å². The molecule has 1 saturated carbocycles. The van der Waals surface area contributed by atoms with Gasteiger partial charge in [-0.2, -0.15) is 5.26 Å². The van der Waals surface area contributed by atoms with Gasteiger partial charge in [0, 0.05) is 10.9 Å². The third kappa shape index (κ3) is 6.37. The Morgan fingerprint density at radius 2 is 1.63 bits per heavy atom. The first-order valence-electron chi connectivity index (χ1n) is 12.6. The van der Waals surface area contributed by atoms with E-state index in [-0.39, 0.29) is 16.9 Å². The van der Waals surface area contributed by atoms with Crippen LogP contribution in [0.1, 0.15) is 74.1 Å². The SMILES string of the molecule is C/C=C/CCC1CCC(CCc2ccc3c(F)c(C#Cc4ccc(C#N)c(F)c4)ccc3c2)CC1. The molecule has 1 nitrogen and oxygen atoms in total. The van der Waals surface area contributed by atoms with Gasteiger partial charge in [-0.3, -0.25) is 0 Å². The zero-order chi connectivity index (χ0) is 24.6. The molecule has 0 unspecified atom stereocenters. The summed E-state index contributed by atoms with van der Waals surface area (Å²) in [5, 5.41) is 10.3. The summed E-state index contributed by atoms with van der Waals surface area (Å²) >= 11 is 0. The minimum Gasteiger partial charge on any atom is -0.206 e. The second-order valence-corrected chi connectivity index (χ2v) is 9.61. The molecular weight excluding hydrogens is 436 g/mol. The summed E-state index contributed by atoms with van der Waals surface area (Å²) in [5.74, 6) is 6.32. The van der Waals surface area contributed by atoms with E-state index in [1.807, 2.05) is 18.2 Å². The summed E-state index contributed by atoms with van der Waals surface area (Å²) < 4.78 is 28.9. The number of halogens is 2. The van der Waals surface area contributed by atoms with Crippen LogP contribution in [0.2, 0.25) is 0 Å². The summed E-state index contributed by atoms with van der Waals surface area (Å²) in [6.45, 7) is 2.09. The molecule has 1 aliphatic carbocycles. The van der Waals surface area contributed by atoms with Gasteiger partial charge >= 0.3 is 0 Å². The standard InChI is InChI=1S/C32H31F2N/c1-2-3-4-5-23-6-8-24(9-7-23)10-11-25-14-19-30-28(20-25)18-17-27(32(30)34)15-12-26-13-16-29(22-35)31(33)21-26/h2-3,13-14,16-21,23-24H,4-11H2,1H3/b3-2+. The van der Waals surface area contributed by atoms with E-state index in [0.717, 1.165) is 23.6 Å². The number of nitrogens with zero attached hydrogens (tertiary/aromatic N) is 1. The number of hydrogen-bond donors (Lipinski definition) is 0. The van der Waals surface area contributed by atoms with Crippen LogP contribution in [0.5, 0.6) is 0 Å². The number of allylic oxidation sites excluding steroid dienone is 2. The molecule has 1 aliphatic rings. The molecule has 0 saturated heterocycles. The molecule has 1 fully saturated rings. The summed E-state index contributed by atoms with van der Waals surface area (Å²) in [4.78, 5) is 0. The molecule has 0 atom stereocenters. The molecule has 0 amide bonds. The van der Waals surface area contributed by atoms with Crippen LogP contribution in [-0.4, -0.2) is 0 Å². The normalized spacial score (nSPS) is 17.8. The highest BCUT2D eigenvalue weighted by atomic mass is 19.1. The zero-order valence-corrected chi connectivity index (χ0v) is 20.3. The number of hydrogen-bond acceptors (Lipinski definition) is 1. The smallest absolute Gasteiger partial charge is 0.146 e. The Hall–Kier alpha value is -3.43. The fourth-order valence-corrected chi connectivity index (χ4v) is 5.09. The van der Waals surface area contributed by atoms with Crippen molar-refractivity contribution < 1.29 is 8.78 Å². The molecule has 0 spiro atoms. The van der Waals surface area contributed by atoms with Crippen LogP contribution in [0.15, 0.2) is 60.7 Å². The maximum Gasteiger partial charge on any atom is 0.146 e. The zero-order valence-electron chi connectivity index (χ0n) is 20.3. The van der Waals surface area contributed by atoms with Crippen molar-refractivity contribution in [2.24, 2.45) is 11.8 Å². The lowest BCUT2D eigenvalue weighted by Gasteiger charge is -2.28.